The number of carbonyl (C=O) groups excluding carboxylic acids is 1. The zero-order valence-corrected chi connectivity index (χ0v) is 12.7. The van der Waals surface area contributed by atoms with Crippen LogP contribution >= 0.6 is 22.0 Å². The quantitative estimate of drug-likeness (QED) is 0.797. The molecule has 2 rings (SSSR count). The minimum atomic E-state index is -3.77. The van der Waals surface area contributed by atoms with Crippen LogP contribution in [-0.2, 0) is 13.8 Å². The number of halogens is 1. The average molecular weight is 324 g/mol. The molecule has 8 heteroatoms. The minimum Gasteiger partial charge on any atom is -0.380 e. The highest BCUT2D eigenvalue weighted by Gasteiger charge is 2.26. The second-order valence-electron chi connectivity index (χ2n) is 4.34. The fourth-order valence-corrected chi connectivity index (χ4v) is 3.99. The van der Waals surface area contributed by atoms with Gasteiger partial charge in [0.05, 0.1) is 11.7 Å². The second kappa shape index (κ2) is 5.78. The van der Waals surface area contributed by atoms with Crippen molar-refractivity contribution in [1.82, 2.24) is 4.90 Å². The lowest BCUT2D eigenvalue weighted by Gasteiger charge is -2.31. The monoisotopic (exact) mass is 323 g/mol. The number of methoxy groups -OCH3 is 1. The first kappa shape index (κ1) is 14.8. The van der Waals surface area contributed by atoms with Gasteiger partial charge in [-0.05, 0) is 18.9 Å². The van der Waals surface area contributed by atoms with Crippen LogP contribution in [0.1, 0.15) is 23.2 Å². The van der Waals surface area contributed by atoms with Gasteiger partial charge in [-0.25, -0.2) is 8.42 Å². The zero-order chi connectivity index (χ0) is 14.0. The van der Waals surface area contributed by atoms with Crippen LogP contribution < -0.4 is 0 Å². The van der Waals surface area contributed by atoms with Gasteiger partial charge in [0, 0.05) is 36.3 Å². The Balaban J connectivity index is 2.13. The summed E-state index contributed by atoms with van der Waals surface area (Å²) in [5.41, 5.74) is 0.362. The Labute approximate surface area is 120 Å². The van der Waals surface area contributed by atoms with E-state index in [0.29, 0.717) is 18.7 Å². The number of ether oxygens (including phenoxy) is 1. The Morgan fingerprint density at radius 2 is 2.32 bits per heavy atom. The number of nitrogens with zero attached hydrogens (tertiary/aromatic N) is 1. The summed E-state index contributed by atoms with van der Waals surface area (Å²) in [6.45, 7) is 1.20. The maximum atomic E-state index is 12.2. The van der Waals surface area contributed by atoms with Crippen molar-refractivity contribution in [3.8, 4) is 0 Å². The van der Waals surface area contributed by atoms with Gasteiger partial charge in [-0.1, -0.05) is 0 Å². The number of amides is 1. The maximum Gasteiger partial charge on any atom is 0.270 e. The van der Waals surface area contributed by atoms with Crippen molar-refractivity contribution in [1.29, 1.82) is 0 Å². The van der Waals surface area contributed by atoms with Gasteiger partial charge in [0.1, 0.15) is 4.21 Å². The molecule has 0 aliphatic carbocycles. The van der Waals surface area contributed by atoms with Gasteiger partial charge in [-0.2, -0.15) is 0 Å². The SMILES string of the molecule is COC1CCCN(C(=O)c2csc(S(=O)(=O)Cl)c2)C1. The molecule has 106 valence electrons. The first-order valence-electron chi connectivity index (χ1n) is 5.77. The minimum absolute atomic E-state index is 0.00202. The van der Waals surface area contributed by atoms with Crippen molar-refractivity contribution >= 4 is 37.0 Å². The highest BCUT2D eigenvalue weighted by atomic mass is 35.7. The van der Waals surface area contributed by atoms with E-state index in [4.69, 9.17) is 15.4 Å². The maximum absolute atomic E-state index is 12.2. The third-order valence-electron chi connectivity index (χ3n) is 3.06. The molecule has 5 nitrogen and oxygen atoms in total. The smallest absolute Gasteiger partial charge is 0.270 e. The number of rotatable bonds is 3. The summed E-state index contributed by atoms with van der Waals surface area (Å²) in [6.07, 6.45) is 1.87. The summed E-state index contributed by atoms with van der Waals surface area (Å²) in [5, 5.41) is 1.52. The van der Waals surface area contributed by atoms with Gasteiger partial charge in [0.2, 0.25) is 0 Å². The Kier molecular flexibility index (Phi) is 4.50. The average Bonchev–Trinajstić information content (AvgIpc) is 2.87. The molecule has 1 atom stereocenters. The van der Waals surface area contributed by atoms with Crippen molar-refractivity contribution < 1.29 is 17.9 Å². The summed E-state index contributed by atoms with van der Waals surface area (Å²) < 4.78 is 27.6. The third kappa shape index (κ3) is 3.47. The Morgan fingerprint density at radius 1 is 1.58 bits per heavy atom. The van der Waals surface area contributed by atoms with E-state index in [1.807, 2.05) is 0 Å². The van der Waals surface area contributed by atoms with Crippen molar-refractivity contribution in [3.63, 3.8) is 0 Å². The Hall–Kier alpha value is -0.630. The number of likely N-dealkylation sites (tertiary alicyclic amines) is 1. The number of hydrogen-bond donors (Lipinski definition) is 0. The van der Waals surface area contributed by atoms with E-state index in [2.05, 4.69) is 0 Å². The molecule has 0 radical (unpaired) electrons. The first-order chi connectivity index (χ1) is 8.91. The Morgan fingerprint density at radius 3 is 2.89 bits per heavy atom. The predicted octanol–water partition coefficient (Wildman–Crippen LogP) is 1.93. The van der Waals surface area contributed by atoms with Gasteiger partial charge in [-0.15, -0.1) is 11.3 Å². The van der Waals surface area contributed by atoms with Crippen LogP contribution in [-0.4, -0.2) is 45.5 Å². The van der Waals surface area contributed by atoms with E-state index in [1.54, 1.807) is 12.0 Å². The molecule has 1 amide bonds. The molecule has 1 aromatic heterocycles. The van der Waals surface area contributed by atoms with Crippen LogP contribution in [0.2, 0.25) is 0 Å². The number of hydrogen-bond acceptors (Lipinski definition) is 5. The molecule has 2 heterocycles. The third-order valence-corrected chi connectivity index (χ3v) is 6.10. The van der Waals surface area contributed by atoms with Crippen molar-refractivity contribution in [2.24, 2.45) is 0 Å². The van der Waals surface area contributed by atoms with E-state index in [9.17, 15) is 13.2 Å². The summed E-state index contributed by atoms with van der Waals surface area (Å²) in [4.78, 5) is 13.9. The highest BCUT2D eigenvalue weighted by Crippen LogP contribution is 2.25. The van der Waals surface area contributed by atoms with Crippen LogP contribution in [0.4, 0.5) is 0 Å². The molecule has 1 aromatic rings. The standard InChI is InChI=1S/C11H14ClNO4S2/c1-17-9-3-2-4-13(6-9)11(14)8-5-10(18-7-8)19(12,15)16/h5,7,9H,2-4,6H2,1H3. The zero-order valence-electron chi connectivity index (χ0n) is 10.3. The number of thiophene rings is 1. The lowest BCUT2D eigenvalue weighted by atomic mass is 10.1. The fourth-order valence-electron chi connectivity index (χ4n) is 2.05. The molecule has 0 saturated carbocycles. The number of piperidine rings is 1. The molecular formula is C11H14ClNO4S2. The largest absolute Gasteiger partial charge is 0.380 e. The van der Waals surface area contributed by atoms with E-state index < -0.39 is 9.05 Å². The van der Waals surface area contributed by atoms with Gasteiger partial charge in [0.15, 0.2) is 0 Å². The summed E-state index contributed by atoms with van der Waals surface area (Å²) in [5.74, 6) is -0.176. The van der Waals surface area contributed by atoms with Crippen LogP contribution in [0.5, 0.6) is 0 Å². The van der Waals surface area contributed by atoms with Gasteiger partial charge >= 0.3 is 0 Å². The molecule has 1 fully saturated rings. The van der Waals surface area contributed by atoms with Crippen LogP contribution in [0, 0.1) is 0 Å². The molecule has 1 unspecified atom stereocenters. The summed E-state index contributed by atoms with van der Waals surface area (Å²) >= 11 is 0.957. The molecule has 19 heavy (non-hydrogen) atoms. The molecule has 1 saturated heterocycles. The van der Waals surface area contributed by atoms with Crippen LogP contribution in [0.3, 0.4) is 0 Å². The van der Waals surface area contributed by atoms with Crippen molar-refractivity contribution in [3.05, 3.63) is 17.0 Å². The molecule has 1 aliphatic heterocycles. The second-order valence-corrected chi connectivity index (χ2v) is 8.05. The summed E-state index contributed by atoms with van der Waals surface area (Å²) in [7, 11) is 3.11. The van der Waals surface area contributed by atoms with E-state index >= 15 is 0 Å². The Bertz CT molecular complexity index is 569. The van der Waals surface area contributed by atoms with Gasteiger partial charge in [-0.3, -0.25) is 4.79 Å². The van der Waals surface area contributed by atoms with Crippen molar-refractivity contribution in [2.75, 3.05) is 20.2 Å². The molecular weight excluding hydrogens is 310 g/mol. The molecule has 0 aromatic carbocycles. The highest BCUT2D eigenvalue weighted by molar-refractivity contribution is 8.15. The predicted molar refractivity (Wildman–Crippen MR) is 73.3 cm³/mol. The van der Waals surface area contributed by atoms with Gasteiger partial charge in [0.25, 0.3) is 15.0 Å². The normalized spacial score (nSPS) is 20.5. The lowest BCUT2D eigenvalue weighted by molar-refractivity contribution is 0.0269. The summed E-state index contributed by atoms with van der Waals surface area (Å²) in [6, 6.07) is 1.33. The molecule has 0 bridgehead atoms. The van der Waals surface area contributed by atoms with Gasteiger partial charge < -0.3 is 9.64 Å². The van der Waals surface area contributed by atoms with Crippen LogP contribution in [0.25, 0.3) is 0 Å². The molecule has 1 aliphatic rings. The molecule has 0 spiro atoms. The van der Waals surface area contributed by atoms with Crippen LogP contribution in [0.15, 0.2) is 15.7 Å². The first-order valence-corrected chi connectivity index (χ1v) is 8.96. The van der Waals surface area contributed by atoms with E-state index in [1.165, 1.54) is 11.4 Å². The topological polar surface area (TPSA) is 63.7 Å². The van der Waals surface area contributed by atoms with E-state index in [0.717, 1.165) is 24.2 Å². The fraction of sp³-hybridized carbons (Fsp3) is 0.545. The molecule has 0 N–H and O–H groups in total. The number of carbonyl (C=O) groups is 1. The van der Waals surface area contributed by atoms with E-state index in [-0.39, 0.29) is 16.2 Å². The van der Waals surface area contributed by atoms with Crippen molar-refractivity contribution in [2.45, 2.75) is 23.2 Å². The lowest BCUT2D eigenvalue weighted by Crippen LogP contribution is -2.42.